The summed E-state index contributed by atoms with van der Waals surface area (Å²) in [6.45, 7) is 1.99. The van der Waals surface area contributed by atoms with Crippen LogP contribution in [-0.4, -0.2) is 33.5 Å². The van der Waals surface area contributed by atoms with E-state index in [-0.39, 0.29) is 17.7 Å². The minimum absolute atomic E-state index is 0.0606. The quantitative estimate of drug-likeness (QED) is 0.389. The SMILES string of the molecule is CSc1ccc(-c2cc(NC3CCCC(C(=O)O)C3)nc(-c3cc(C)ccc3O)c2)cc1. The Labute approximate surface area is 192 Å². The van der Waals surface area contributed by atoms with Crippen LogP contribution in [0.25, 0.3) is 22.4 Å². The number of aliphatic carboxylic acids is 1. The number of carboxylic acid groups (broad SMARTS) is 1. The van der Waals surface area contributed by atoms with Crippen molar-refractivity contribution in [2.75, 3.05) is 11.6 Å². The largest absolute Gasteiger partial charge is 0.507 e. The highest BCUT2D eigenvalue weighted by Gasteiger charge is 2.27. The molecule has 2 atom stereocenters. The first kappa shape index (κ1) is 22.2. The molecule has 2 unspecified atom stereocenters. The molecule has 1 saturated carbocycles. The maximum absolute atomic E-state index is 11.5. The molecule has 32 heavy (non-hydrogen) atoms. The van der Waals surface area contributed by atoms with Crippen molar-refractivity contribution in [1.82, 2.24) is 4.98 Å². The van der Waals surface area contributed by atoms with E-state index in [2.05, 4.69) is 35.8 Å². The minimum Gasteiger partial charge on any atom is -0.507 e. The van der Waals surface area contributed by atoms with Crippen molar-refractivity contribution in [1.29, 1.82) is 0 Å². The molecule has 1 aliphatic carbocycles. The molecule has 3 N–H and O–H groups in total. The fraction of sp³-hybridized carbons (Fsp3) is 0.308. The average Bonchev–Trinajstić information content (AvgIpc) is 2.80. The Kier molecular flexibility index (Phi) is 6.70. The van der Waals surface area contributed by atoms with Gasteiger partial charge in [-0.3, -0.25) is 4.79 Å². The average molecular weight is 449 g/mol. The van der Waals surface area contributed by atoms with E-state index in [4.69, 9.17) is 4.98 Å². The van der Waals surface area contributed by atoms with Gasteiger partial charge in [-0.15, -0.1) is 11.8 Å². The van der Waals surface area contributed by atoms with Crippen molar-refractivity contribution in [3.8, 4) is 28.1 Å². The van der Waals surface area contributed by atoms with Gasteiger partial charge in [-0.25, -0.2) is 4.98 Å². The summed E-state index contributed by atoms with van der Waals surface area (Å²) in [7, 11) is 0. The zero-order valence-corrected chi connectivity index (χ0v) is 19.2. The molecule has 6 heteroatoms. The minimum atomic E-state index is -0.725. The second-order valence-electron chi connectivity index (χ2n) is 8.42. The second-order valence-corrected chi connectivity index (χ2v) is 9.30. The third-order valence-electron chi connectivity index (χ3n) is 6.05. The highest BCUT2D eigenvalue weighted by atomic mass is 32.2. The number of aryl methyl sites for hydroxylation is 1. The summed E-state index contributed by atoms with van der Waals surface area (Å²) >= 11 is 1.70. The molecule has 2 aromatic carbocycles. The number of pyridine rings is 1. The van der Waals surface area contributed by atoms with Crippen LogP contribution in [0.2, 0.25) is 0 Å². The molecule has 1 aliphatic rings. The lowest BCUT2D eigenvalue weighted by atomic mass is 9.86. The highest BCUT2D eigenvalue weighted by molar-refractivity contribution is 7.98. The van der Waals surface area contributed by atoms with Gasteiger partial charge in [0.2, 0.25) is 0 Å². The molecule has 166 valence electrons. The number of carboxylic acids is 1. The predicted octanol–water partition coefficient (Wildman–Crippen LogP) is 6.21. The van der Waals surface area contributed by atoms with Crippen LogP contribution in [0.4, 0.5) is 5.82 Å². The van der Waals surface area contributed by atoms with Gasteiger partial charge in [0.15, 0.2) is 0 Å². The number of carbonyl (C=O) groups is 1. The first-order chi connectivity index (χ1) is 15.4. The molecule has 1 fully saturated rings. The van der Waals surface area contributed by atoms with Gasteiger partial charge in [-0.1, -0.05) is 30.2 Å². The number of aromatic hydroxyl groups is 1. The normalized spacial score (nSPS) is 18.3. The van der Waals surface area contributed by atoms with E-state index in [9.17, 15) is 15.0 Å². The Morgan fingerprint density at radius 3 is 2.56 bits per heavy atom. The molecule has 1 heterocycles. The molecule has 1 aromatic heterocycles. The van der Waals surface area contributed by atoms with Gasteiger partial charge in [0.1, 0.15) is 11.6 Å². The molecule has 0 saturated heterocycles. The van der Waals surface area contributed by atoms with Gasteiger partial charge in [-0.2, -0.15) is 0 Å². The van der Waals surface area contributed by atoms with E-state index in [1.165, 1.54) is 4.90 Å². The Bertz CT molecular complexity index is 1110. The molecule has 0 spiro atoms. The first-order valence-electron chi connectivity index (χ1n) is 10.9. The van der Waals surface area contributed by atoms with Crippen LogP contribution in [0, 0.1) is 12.8 Å². The van der Waals surface area contributed by atoms with Crippen molar-refractivity contribution in [2.45, 2.75) is 43.5 Å². The molecule has 0 bridgehead atoms. The summed E-state index contributed by atoms with van der Waals surface area (Å²) in [5.41, 5.74) is 4.47. The molecule has 4 rings (SSSR count). The van der Waals surface area contributed by atoms with Crippen LogP contribution >= 0.6 is 11.8 Å². The maximum Gasteiger partial charge on any atom is 0.306 e. The van der Waals surface area contributed by atoms with E-state index in [0.717, 1.165) is 36.0 Å². The molecule has 0 radical (unpaired) electrons. The Hall–Kier alpha value is -2.99. The lowest BCUT2D eigenvalue weighted by Gasteiger charge is -2.28. The van der Waals surface area contributed by atoms with Gasteiger partial charge in [0.25, 0.3) is 0 Å². The number of nitrogens with zero attached hydrogens (tertiary/aromatic N) is 1. The van der Waals surface area contributed by atoms with Gasteiger partial charge in [0.05, 0.1) is 11.6 Å². The number of phenols is 1. The monoisotopic (exact) mass is 448 g/mol. The van der Waals surface area contributed by atoms with E-state index < -0.39 is 5.97 Å². The second kappa shape index (κ2) is 9.65. The topological polar surface area (TPSA) is 82.5 Å². The third-order valence-corrected chi connectivity index (χ3v) is 6.80. The molecule has 0 amide bonds. The zero-order chi connectivity index (χ0) is 22.7. The van der Waals surface area contributed by atoms with Crippen molar-refractivity contribution in [3.63, 3.8) is 0 Å². The summed E-state index contributed by atoms with van der Waals surface area (Å²) in [4.78, 5) is 17.5. The van der Waals surface area contributed by atoms with Crippen LogP contribution < -0.4 is 5.32 Å². The summed E-state index contributed by atoms with van der Waals surface area (Å²) < 4.78 is 0. The maximum atomic E-state index is 11.5. The number of anilines is 1. The smallest absolute Gasteiger partial charge is 0.306 e. The molecule has 5 nitrogen and oxygen atoms in total. The van der Waals surface area contributed by atoms with Gasteiger partial charge in [-0.05, 0) is 80.0 Å². The van der Waals surface area contributed by atoms with E-state index in [1.807, 2.05) is 31.2 Å². The fourth-order valence-corrected chi connectivity index (χ4v) is 4.71. The van der Waals surface area contributed by atoms with Crippen LogP contribution in [0.1, 0.15) is 31.2 Å². The van der Waals surface area contributed by atoms with Crippen molar-refractivity contribution in [3.05, 3.63) is 60.2 Å². The van der Waals surface area contributed by atoms with Gasteiger partial charge < -0.3 is 15.5 Å². The van der Waals surface area contributed by atoms with Gasteiger partial charge in [0, 0.05) is 16.5 Å². The molecular formula is C26H28N2O3S. The van der Waals surface area contributed by atoms with Crippen molar-refractivity contribution in [2.24, 2.45) is 5.92 Å². The van der Waals surface area contributed by atoms with Crippen LogP contribution in [0.5, 0.6) is 5.75 Å². The molecular weight excluding hydrogens is 420 g/mol. The van der Waals surface area contributed by atoms with E-state index >= 15 is 0 Å². The van der Waals surface area contributed by atoms with E-state index in [0.29, 0.717) is 23.5 Å². The Morgan fingerprint density at radius 2 is 1.84 bits per heavy atom. The highest BCUT2D eigenvalue weighted by Crippen LogP contribution is 2.35. The van der Waals surface area contributed by atoms with Crippen LogP contribution in [0.3, 0.4) is 0 Å². The summed E-state index contributed by atoms with van der Waals surface area (Å²) in [6, 6.07) is 17.9. The summed E-state index contributed by atoms with van der Waals surface area (Å²) in [5, 5.41) is 23.4. The lowest BCUT2D eigenvalue weighted by Crippen LogP contribution is -2.31. The van der Waals surface area contributed by atoms with Crippen molar-refractivity contribution >= 4 is 23.5 Å². The fourth-order valence-electron chi connectivity index (χ4n) is 4.30. The predicted molar refractivity (Wildman–Crippen MR) is 130 cm³/mol. The third kappa shape index (κ3) is 5.07. The number of aromatic nitrogens is 1. The van der Waals surface area contributed by atoms with E-state index in [1.54, 1.807) is 17.8 Å². The van der Waals surface area contributed by atoms with Crippen LogP contribution in [0.15, 0.2) is 59.5 Å². The Morgan fingerprint density at radius 1 is 1.06 bits per heavy atom. The number of nitrogens with one attached hydrogen (secondary N) is 1. The number of benzene rings is 2. The van der Waals surface area contributed by atoms with Crippen molar-refractivity contribution < 1.29 is 15.0 Å². The number of hydrogen-bond donors (Lipinski definition) is 3. The standard InChI is InChI=1S/C26H28N2O3S/c1-16-6-11-24(29)22(12-16)23-14-19(17-7-9-21(32-2)10-8-17)15-25(28-23)27-20-5-3-4-18(13-20)26(30)31/h6-12,14-15,18,20,29H,3-5,13H2,1-2H3,(H,27,28)(H,30,31). The Balaban J connectivity index is 1.73. The zero-order valence-electron chi connectivity index (χ0n) is 18.3. The molecule has 0 aliphatic heterocycles. The first-order valence-corrected chi connectivity index (χ1v) is 12.1. The number of thioether (sulfide) groups is 1. The molecule has 3 aromatic rings. The number of rotatable bonds is 6. The number of phenolic OH excluding ortho intramolecular Hbond substituents is 1. The lowest BCUT2D eigenvalue weighted by molar-refractivity contribution is -0.142. The van der Waals surface area contributed by atoms with Gasteiger partial charge >= 0.3 is 5.97 Å². The number of hydrogen-bond acceptors (Lipinski definition) is 5. The summed E-state index contributed by atoms with van der Waals surface area (Å²) in [6.07, 6.45) is 5.18. The summed E-state index contributed by atoms with van der Waals surface area (Å²) in [5.74, 6) is -0.155. The van der Waals surface area contributed by atoms with Crippen LogP contribution in [-0.2, 0) is 4.79 Å².